The van der Waals surface area contributed by atoms with Crippen molar-refractivity contribution in [1.29, 1.82) is 0 Å². The maximum atomic E-state index is 13.3. The number of rotatable bonds is 7. The topological polar surface area (TPSA) is 83.6 Å². The molecule has 1 aromatic carbocycles. The third-order valence-electron chi connectivity index (χ3n) is 7.80. The van der Waals surface area contributed by atoms with E-state index < -0.39 is 0 Å². The Balaban J connectivity index is 1.18. The second kappa shape index (κ2) is 11.3. The fraction of sp³-hybridized carbons (Fsp3) is 0.387. The van der Waals surface area contributed by atoms with E-state index in [9.17, 15) is 9.59 Å². The van der Waals surface area contributed by atoms with Crippen molar-refractivity contribution in [2.45, 2.75) is 45.1 Å². The van der Waals surface area contributed by atoms with Crippen LogP contribution in [0.2, 0.25) is 0 Å². The van der Waals surface area contributed by atoms with Gasteiger partial charge in [-0.1, -0.05) is 30.9 Å². The summed E-state index contributed by atoms with van der Waals surface area (Å²) in [7, 11) is 0. The number of nitrogens with one attached hydrogen (secondary N) is 2. The summed E-state index contributed by atoms with van der Waals surface area (Å²) in [4.78, 5) is 32.6. The van der Waals surface area contributed by atoms with Gasteiger partial charge in [0.25, 0.3) is 5.91 Å². The molecule has 2 amide bonds. The van der Waals surface area contributed by atoms with Crippen molar-refractivity contribution in [3.05, 3.63) is 88.1 Å². The Kier molecular flexibility index (Phi) is 7.48. The van der Waals surface area contributed by atoms with Crippen LogP contribution in [0.1, 0.15) is 53.7 Å². The number of fused-ring (bicyclic) bond motifs is 1. The lowest BCUT2D eigenvalue weighted by Crippen LogP contribution is -2.36. The first kappa shape index (κ1) is 25.8. The van der Waals surface area contributed by atoms with E-state index in [0.29, 0.717) is 35.6 Å². The third-order valence-corrected chi connectivity index (χ3v) is 8.67. The summed E-state index contributed by atoms with van der Waals surface area (Å²) in [5, 5.41) is 8.84. The van der Waals surface area contributed by atoms with Crippen LogP contribution in [0.3, 0.4) is 0 Å². The lowest BCUT2D eigenvalue weighted by atomic mass is 9.90. The molecule has 2 aromatic rings. The molecule has 6 rings (SSSR count). The smallest absolute Gasteiger partial charge is 0.275 e. The molecule has 8 heteroatoms. The van der Waals surface area contributed by atoms with Crippen LogP contribution in [0.5, 0.6) is 5.75 Å². The maximum Gasteiger partial charge on any atom is 0.275 e. The number of carbonyl (C=O) groups excluding carboxylic acids is 2. The summed E-state index contributed by atoms with van der Waals surface area (Å²) in [5.74, 6) is 1.59. The Morgan fingerprint density at radius 3 is 2.87 bits per heavy atom. The van der Waals surface area contributed by atoms with Crippen LogP contribution in [0.25, 0.3) is 0 Å². The van der Waals surface area contributed by atoms with Crippen molar-refractivity contribution in [2.75, 3.05) is 24.6 Å². The van der Waals surface area contributed by atoms with Gasteiger partial charge in [-0.2, -0.15) is 0 Å². The standard InChI is InChI=1S/C31H34N4O3S/c1-20-4-10-26(22-3-2-13-32-14-12-22)27(11-5-20)33-30(37)28-19-39-31(34-28)35-17-24-15-25(38-18-21-6-7-21)9-8-23(24)16-29(35)36/h4-5,8-11,15,19,21-22,32H,1-3,6-7,12-14,16-18H2,(H,33,37)/t22-/m1/s1. The predicted octanol–water partition coefficient (Wildman–Crippen LogP) is 5.08. The number of thiazole rings is 1. The zero-order valence-electron chi connectivity index (χ0n) is 22.1. The van der Waals surface area contributed by atoms with E-state index in [4.69, 9.17) is 4.74 Å². The van der Waals surface area contributed by atoms with Gasteiger partial charge in [0.1, 0.15) is 11.4 Å². The van der Waals surface area contributed by atoms with Crippen molar-refractivity contribution in [1.82, 2.24) is 15.6 Å². The summed E-state index contributed by atoms with van der Waals surface area (Å²) >= 11 is 1.32. The van der Waals surface area contributed by atoms with Gasteiger partial charge in [0.05, 0.1) is 19.6 Å². The minimum atomic E-state index is -0.275. The van der Waals surface area contributed by atoms with Crippen LogP contribution in [0, 0.1) is 11.8 Å². The highest BCUT2D eigenvalue weighted by Crippen LogP contribution is 2.33. The number of anilines is 1. The van der Waals surface area contributed by atoms with E-state index in [1.807, 2.05) is 36.4 Å². The van der Waals surface area contributed by atoms with Gasteiger partial charge in [0, 0.05) is 11.1 Å². The van der Waals surface area contributed by atoms with Gasteiger partial charge in [-0.3, -0.25) is 14.5 Å². The number of amides is 2. The molecule has 3 heterocycles. The highest BCUT2D eigenvalue weighted by Gasteiger charge is 2.28. The molecule has 0 spiro atoms. The summed E-state index contributed by atoms with van der Waals surface area (Å²) < 4.78 is 5.95. The van der Waals surface area contributed by atoms with E-state index in [1.165, 1.54) is 24.2 Å². The van der Waals surface area contributed by atoms with Gasteiger partial charge in [-0.05, 0) is 97.5 Å². The summed E-state index contributed by atoms with van der Waals surface area (Å²) in [6.45, 7) is 7.22. The van der Waals surface area contributed by atoms with Crippen LogP contribution in [0.15, 0.2) is 71.3 Å². The van der Waals surface area contributed by atoms with Crippen molar-refractivity contribution in [2.24, 2.45) is 11.8 Å². The van der Waals surface area contributed by atoms with Crippen molar-refractivity contribution < 1.29 is 14.3 Å². The number of nitrogens with zero attached hydrogens (tertiary/aromatic N) is 2. The third kappa shape index (κ3) is 6.07. The Hall–Kier alpha value is -3.49. The molecule has 2 fully saturated rings. The fourth-order valence-corrected chi connectivity index (χ4v) is 6.13. The molecule has 2 aliphatic heterocycles. The van der Waals surface area contributed by atoms with Gasteiger partial charge in [-0.15, -0.1) is 11.3 Å². The molecule has 39 heavy (non-hydrogen) atoms. The van der Waals surface area contributed by atoms with Gasteiger partial charge in [0.2, 0.25) is 5.91 Å². The van der Waals surface area contributed by atoms with Crippen molar-refractivity contribution in [3.8, 4) is 5.75 Å². The van der Waals surface area contributed by atoms with Crippen LogP contribution in [-0.2, 0) is 17.8 Å². The zero-order valence-corrected chi connectivity index (χ0v) is 22.9. The number of allylic oxidation sites excluding steroid dienone is 6. The molecule has 1 aromatic heterocycles. The molecule has 2 N–H and O–H groups in total. The monoisotopic (exact) mass is 542 g/mol. The van der Waals surface area contributed by atoms with E-state index in [2.05, 4.69) is 28.3 Å². The highest BCUT2D eigenvalue weighted by molar-refractivity contribution is 7.14. The summed E-state index contributed by atoms with van der Waals surface area (Å²) in [6.07, 6.45) is 13.9. The molecule has 1 atom stereocenters. The number of aromatic nitrogens is 1. The van der Waals surface area contributed by atoms with Crippen LogP contribution in [-0.4, -0.2) is 36.5 Å². The fourth-order valence-electron chi connectivity index (χ4n) is 5.31. The molecule has 202 valence electrons. The quantitative estimate of drug-likeness (QED) is 0.510. The number of ether oxygens (including phenoxy) is 1. The van der Waals surface area contributed by atoms with E-state index >= 15 is 0 Å². The van der Waals surface area contributed by atoms with Crippen molar-refractivity contribution in [3.63, 3.8) is 0 Å². The molecule has 0 unspecified atom stereocenters. The van der Waals surface area contributed by atoms with E-state index in [0.717, 1.165) is 72.7 Å². The molecule has 4 aliphatic rings. The Bertz CT molecular complexity index is 1380. The average Bonchev–Trinajstić information content (AvgIpc) is 3.72. The molecule has 0 bridgehead atoms. The molecular formula is C31H34N4O3S. The van der Waals surface area contributed by atoms with Crippen LogP contribution < -0.4 is 20.3 Å². The van der Waals surface area contributed by atoms with Gasteiger partial charge < -0.3 is 15.4 Å². The Labute approximate surface area is 233 Å². The first-order chi connectivity index (χ1) is 19.0. The molecule has 1 saturated carbocycles. The first-order valence-corrected chi connectivity index (χ1v) is 14.7. The van der Waals surface area contributed by atoms with Crippen molar-refractivity contribution >= 4 is 28.3 Å². The number of carbonyl (C=O) groups is 2. The van der Waals surface area contributed by atoms with E-state index in [1.54, 1.807) is 10.3 Å². The Morgan fingerprint density at radius 2 is 2.00 bits per heavy atom. The molecule has 1 saturated heterocycles. The second-order valence-corrected chi connectivity index (χ2v) is 11.6. The molecule has 2 aliphatic carbocycles. The molecule has 7 nitrogen and oxygen atoms in total. The largest absolute Gasteiger partial charge is 0.493 e. The first-order valence-electron chi connectivity index (χ1n) is 13.9. The summed E-state index contributed by atoms with van der Waals surface area (Å²) in [5.41, 5.74) is 5.20. The maximum absolute atomic E-state index is 13.3. The van der Waals surface area contributed by atoms with Gasteiger partial charge >= 0.3 is 0 Å². The average molecular weight is 543 g/mol. The number of hydrogen-bond donors (Lipinski definition) is 2. The lowest BCUT2D eigenvalue weighted by Gasteiger charge is -2.27. The van der Waals surface area contributed by atoms with Crippen LogP contribution >= 0.6 is 11.3 Å². The molecular weight excluding hydrogens is 508 g/mol. The van der Waals surface area contributed by atoms with E-state index in [-0.39, 0.29) is 11.8 Å². The SMILES string of the molecule is C=C1C=CC(NC(=O)c2csc(N3Cc4cc(OCC5CC5)ccc4CC3=O)n2)=C([C@@H]2CCCNCC2)C=C1. The second-order valence-electron chi connectivity index (χ2n) is 10.8. The summed E-state index contributed by atoms with van der Waals surface area (Å²) in [6, 6.07) is 5.98. The number of benzene rings is 1. The normalized spacial score (nSPS) is 21.4. The van der Waals surface area contributed by atoms with Gasteiger partial charge in [-0.25, -0.2) is 4.98 Å². The highest BCUT2D eigenvalue weighted by atomic mass is 32.1. The lowest BCUT2D eigenvalue weighted by molar-refractivity contribution is -0.118. The Morgan fingerprint density at radius 1 is 1.13 bits per heavy atom. The van der Waals surface area contributed by atoms with Crippen LogP contribution in [0.4, 0.5) is 5.13 Å². The minimum absolute atomic E-state index is 0.0159. The predicted molar refractivity (Wildman–Crippen MR) is 154 cm³/mol. The van der Waals surface area contributed by atoms with Gasteiger partial charge in [0.15, 0.2) is 5.13 Å². The number of hydrogen-bond acceptors (Lipinski definition) is 6. The minimum Gasteiger partial charge on any atom is -0.493 e. The molecule has 0 radical (unpaired) electrons. The zero-order chi connectivity index (χ0) is 26.8.